The van der Waals surface area contributed by atoms with E-state index in [0.29, 0.717) is 0 Å². The van der Waals surface area contributed by atoms with Crippen LogP contribution in [0, 0.1) is 0 Å². The van der Waals surface area contributed by atoms with Crippen LogP contribution in [0.1, 0.15) is 13.3 Å². The number of aromatic nitrogens is 1. The predicted molar refractivity (Wildman–Crippen MR) is 64.2 cm³/mol. The van der Waals surface area contributed by atoms with Gasteiger partial charge in [0.1, 0.15) is 4.60 Å². The highest BCUT2D eigenvalue weighted by molar-refractivity contribution is 9.10. The molecule has 0 spiro atoms. The molecule has 1 N–H and O–H groups in total. The number of hydrogen-bond acceptors (Lipinski definition) is 4. The van der Waals surface area contributed by atoms with E-state index in [1.54, 1.807) is 18.3 Å². The van der Waals surface area contributed by atoms with Crippen LogP contribution in [0.4, 0.5) is 5.13 Å². The van der Waals surface area contributed by atoms with Gasteiger partial charge < -0.3 is 10.2 Å². The number of amides is 1. The van der Waals surface area contributed by atoms with Crippen LogP contribution < -0.4 is 10.2 Å². The summed E-state index contributed by atoms with van der Waals surface area (Å²) in [5, 5.41) is 5.93. The van der Waals surface area contributed by atoms with Crippen LogP contribution in [0.3, 0.4) is 0 Å². The summed E-state index contributed by atoms with van der Waals surface area (Å²) in [7, 11) is 0. The molecule has 1 aliphatic rings. The maximum atomic E-state index is 10.9. The van der Waals surface area contributed by atoms with E-state index in [1.807, 2.05) is 5.38 Å². The minimum atomic E-state index is 0.0437. The molecule has 15 heavy (non-hydrogen) atoms. The SMILES string of the molecule is CC(=O)NC1CCN(c2nc(Br)cs2)C1. The van der Waals surface area contributed by atoms with E-state index in [4.69, 9.17) is 0 Å². The number of carbonyl (C=O) groups excluding carboxylic acids is 1. The number of nitrogens with one attached hydrogen (secondary N) is 1. The second kappa shape index (κ2) is 4.49. The van der Waals surface area contributed by atoms with Crippen molar-refractivity contribution in [3.05, 3.63) is 9.98 Å². The molecule has 0 bridgehead atoms. The number of halogens is 1. The van der Waals surface area contributed by atoms with Gasteiger partial charge in [-0.3, -0.25) is 4.79 Å². The maximum Gasteiger partial charge on any atom is 0.217 e. The average molecular weight is 290 g/mol. The van der Waals surface area contributed by atoms with Crippen molar-refractivity contribution in [2.45, 2.75) is 19.4 Å². The summed E-state index contributed by atoms with van der Waals surface area (Å²) in [5.74, 6) is 0.0437. The van der Waals surface area contributed by atoms with Crippen molar-refractivity contribution in [1.29, 1.82) is 0 Å². The van der Waals surface area contributed by atoms with Crippen LogP contribution in [-0.4, -0.2) is 30.0 Å². The van der Waals surface area contributed by atoms with E-state index in [1.165, 1.54) is 0 Å². The summed E-state index contributed by atoms with van der Waals surface area (Å²) in [6.07, 6.45) is 0.997. The Balaban J connectivity index is 1.95. The third kappa shape index (κ3) is 2.69. The Kier molecular flexibility index (Phi) is 3.25. The second-order valence-corrected chi connectivity index (χ2v) is 5.23. The number of anilines is 1. The van der Waals surface area contributed by atoms with Gasteiger partial charge >= 0.3 is 0 Å². The van der Waals surface area contributed by atoms with Gasteiger partial charge in [-0.25, -0.2) is 4.98 Å². The first-order chi connectivity index (χ1) is 7.15. The molecule has 0 saturated carbocycles. The van der Waals surface area contributed by atoms with Crippen LogP contribution in [0.15, 0.2) is 9.98 Å². The lowest BCUT2D eigenvalue weighted by Crippen LogP contribution is -2.35. The van der Waals surface area contributed by atoms with Crippen molar-refractivity contribution in [1.82, 2.24) is 10.3 Å². The lowest BCUT2D eigenvalue weighted by molar-refractivity contribution is -0.119. The lowest BCUT2D eigenvalue weighted by atomic mass is 10.3. The molecule has 82 valence electrons. The molecule has 6 heteroatoms. The molecule has 1 saturated heterocycles. The Labute approximate surface area is 101 Å². The van der Waals surface area contributed by atoms with Crippen LogP contribution in [0.2, 0.25) is 0 Å². The number of carbonyl (C=O) groups is 1. The predicted octanol–water partition coefficient (Wildman–Crippen LogP) is 1.62. The van der Waals surface area contributed by atoms with Gasteiger partial charge in [0.2, 0.25) is 5.91 Å². The number of thiazole rings is 1. The maximum absolute atomic E-state index is 10.9. The summed E-state index contributed by atoms with van der Waals surface area (Å²) in [6, 6.07) is 0.269. The molecular formula is C9H12BrN3OS. The van der Waals surface area contributed by atoms with E-state index in [9.17, 15) is 4.79 Å². The largest absolute Gasteiger partial charge is 0.352 e. The molecule has 4 nitrogen and oxygen atoms in total. The molecule has 0 aliphatic carbocycles. The molecule has 1 amide bonds. The Morgan fingerprint density at radius 3 is 3.20 bits per heavy atom. The number of hydrogen-bond donors (Lipinski definition) is 1. The number of nitrogens with zero attached hydrogens (tertiary/aromatic N) is 2. The third-order valence-corrected chi connectivity index (χ3v) is 3.94. The molecule has 1 fully saturated rings. The summed E-state index contributed by atoms with van der Waals surface area (Å²) < 4.78 is 0.880. The molecule has 0 aromatic carbocycles. The zero-order valence-corrected chi connectivity index (χ0v) is 10.8. The molecule has 1 aromatic rings. The Morgan fingerprint density at radius 1 is 1.80 bits per heavy atom. The topological polar surface area (TPSA) is 45.2 Å². The highest BCUT2D eigenvalue weighted by atomic mass is 79.9. The van der Waals surface area contributed by atoms with Gasteiger partial charge in [-0.1, -0.05) is 0 Å². The smallest absolute Gasteiger partial charge is 0.217 e. The zero-order valence-electron chi connectivity index (χ0n) is 8.36. The first-order valence-corrected chi connectivity index (χ1v) is 6.45. The Hall–Kier alpha value is -0.620. The fourth-order valence-corrected chi connectivity index (χ4v) is 3.02. The Bertz CT molecular complexity index is 368. The van der Waals surface area contributed by atoms with Crippen LogP contribution in [0.5, 0.6) is 0 Å². The number of rotatable bonds is 2. The normalized spacial score (nSPS) is 20.7. The van der Waals surface area contributed by atoms with E-state index in [0.717, 1.165) is 29.2 Å². The van der Waals surface area contributed by atoms with Crippen LogP contribution >= 0.6 is 27.3 Å². The minimum absolute atomic E-state index is 0.0437. The molecule has 2 rings (SSSR count). The highest BCUT2D eigenvalue weighted by Crippen LogP contribution is 2.26. The van der Waals surface area contributed by atoms with Crippen molar-refractivity contribution < 1.29 is 4.79 Å². The highest BCUT2D eigenvalue weighted by Gasteiger charge is 2.24. The lowest BCUT2D eigenvalue weighted by Gasteiger charge is -2.14. The van der Waals surface area contributed by atoms with Crippen molar-refractivity contribution in [3.8, 4) is 0 Å². The summed E-state index contributed by atoms with van der Waals surface area (Å²) in [6.45, 7) is 3.38. The zero-order chi connectivity index (χ0) is 10.8. The Morgan fingerprint density at radius 2 is 2.60 bits per heavy atom. The molecule has 1 aromatic heterocycles. The van der Waals surface area contributed by atoms with E-state index in [2.05, 4.69) is 31.1 Å². The molecule has 0 radical (unpaired) electrons. The standard InChI is InChI=1S/C9H12BrN3OS/c1-6(14)11-7-2-3-13(4-7)9-12-8(10)5-15-9/h5,7H,2-4H2,1H3,(H,11,14). The summed E-state index contributed by atoms with van der Waals surface area (Å²) in [5.41, 5.74) is 0. The van der Waals surface area contributed by atoms with E-state index < -0.39 is 0 Å². The van der Waals surface area contributed by atoms with Gasteiger partial charge in [-0.05, 0) is 22.4 Å². The van der Waals surface area contributed by atoms with Gasteiger partial charge in [0.05, 0.1) is 0 Å². The minimum Gasteiger partial charge on any atom is -0.352 e. The molecular weight excluding hydrogens is 278 g/mol. The van der Waals surface area contributed by atoms with Crippen molar-refractivity contribution in [3.63, 3.8) is 0 Å². The first kappa shape index (κ1) is 10.9. The van der Waals surface area contributed by atoms with Crippen molar-refractivity contribution >= 4 is 38.3 Å². The first-order valence-electron chi connectivity index (χ1n) is 4.78. The fraction of sp³-hybridized carbons (Fsp3) is 0.556. The van der Waals surface area contributed by atoms with Gasteiger partial charge in [0.15, 0.2) is 5.13 Å². The van der Waals surface area contributed by atoms with Crippen molar-refractivity contribution in [2.75, 3.05) is 18.0 Å². The van der Waals surface area contributed by atoms with Gasteiger partial charge in [-0.15, -0.1) is 11.3 Å². The van der Waals surface area contributed by atoms with Gasteiger partial charge in [0.25, 0.3) is 0 Å². The monoisotopic (exact) mass is 289 g/mol. The molecule has 1 aliphatic heterocycles. The third-order valence-electron chi connectivity index (χ3n) is 2.33. The molecule has 1 unspecified atom stereocenters. The molecule has 1 atom stereocenters. The van der Waals surface area contributed by atoms with Crippen LogP contribution in [-0.2, 0) is 4.79 Å². The summed E-state index contributed by atoms with van der Waals surface area (Å²) >= 11 is 4.96. The van der Waals surface area contributed by atoms with E-state index >= 15 is 0 Å². The molecule has 2 heterocycles. The van der Waals surface area contributed by atoms with Gasteiger partial charge in [-0.2, -0.15) is 0 Å². The second-order valence-electron chi connectivity index (χ2n) is 3.58. The van der Waals surface area contributed by atoms with Crippen molar-refractivity contribution in [2.24, 2.45) is 0 Å². The summed E-state index contributed by atoms with van der Waals surface area (Å²) in [4.78, 5) is 17.5. The average Bonchev–Trinajstić information content (AvgIpc) is 2.72. The van der Waals surface area contributed by atoms with Gasteiger partial charge in [0, 0.05) is 31.4 Å². The van der Waals surface area contributed by atoms with Crippen LogP contribution in [0.25, 0.3) is 0 Å². The quantitative estimate of drug-likeness (QED) is 0.900. The van der Waals surface area contributed by atoms with E-state index in [-0.39, 0.29) is 11.9 Å². The fourth-order valence-electron chi connectivity index (χ4n) is 1.73.